The van der Waals surface area contributed by atoms with Crippen LogP contribution in [0.3, 0.4) is 0 Å². The first-order valence-electron chi connectivity index (χ1n) is 12.3. The van der Waals surface area contributed by atoms with Crippen molar-refractivity contribution in [3.8, 4) is 0 Å². The van der Waals surface area contributed by atoms with Crippen LogP contribution < -0.4 is 11.1 Å². The lowest BCUT2D eigenvalue weighted by Crippen LogP contribution is -2.39. The standard InChI is InChI=1S/C27H41N5O4/c1-7-23(33)30-22-13-11-20(12-14-22)25(28)21(18-29-24-10-8-9-17-35-24)19-31(5)15-16-32(6)26(34)36-27(2,3)4/h7,11-14,18,24H,1,8-10,15-17,19,28H2,2-6H3,(H,30,33). The van der Waals surface area contributed by atoms with Gasteiger partial charge in [-0.1, -0.05) is 18.7 Å². The Hall–Kier alpha value is -3.17. The smallest absolute Gasteiger partial charge is 0.410 e. The SMILES string of the molecule is C=CC(=O)Nc1ccc(C(N)=C(C=NC2CCCCO2)CN(C)CCN(C)C(=O)OC(C)(C)C)cc1. The molecule has 1 unspecified atom stereocenters. The van der Waals surface area contributed by atoms with Gasteiger partial charge in [-0.2, -0.15) is 0 Å². The van der Waals surface area contributed by atoms with Gasteiger partial charge in [0.25, 0.3) is 0 Å². The summed E-state index contributed by atoms with van der Waals surface area (Å²) in [4.78, 5) is 32.1. The summed E-state index contributed by atoms with van der Waals surface area (Å²) in [5.41, 5.74) is 8.95. The Morgan fingerprint density at radius 3 is 2.50 bits per heavy atom. The topological polar surface area (TPSA) is 109 Å². The Kier molecular flexibility index (Phi) is 11.1. The van der Waals surface area contributed by atoms with Crippen molar-refractivity contribution < 1.29 is 19.1 Å². The van der Waals surface area contributed by atoms with Gasteiger partial charge >= 0.3 is 6.09 Å². The minimum absolute atomic E-state index is 0.165. The highest BCUT2D eigenvalue weighted by atomic mass is 16.6. The largest absolute Gasteiger partial charge is 0.444 e. The number of carbonyl (C=O) groups is 2. The molecule has 9 nitrogen and oxygen atoms in total. The molecule has 0 spiro atoms. The lowest BCUT2D eigenvalue weighted by atomic mass is 10.1. The van der Waals surface area contributed by atoms with Crippen molar-refractivity contribution in [3.63, 3.8) is 0 Å². The molecule has 1 aromatic carbocycles. The number of carbonyl (C=O) groups excluding carboxylic acids is 2. The van der Waals surface area contributed by atoms with Gasteiger partial charge in [0.05, 0.1) is 0 Å². The number of nitrogens with two attached hydrogens (primary N) is 1. The Morgan fingerprint density at radius 1 is 1.22 bits per heavy atom. The molecule has 1 aliphatic rings. The van der Waals surface area contributed by atoms with Gasteiger partial charge in [0.2, 0.25) is 5.91 Å². The van der Waals surface area contributed by atoms with E-state index in [0.717, 1.165) is 30.4 Å². The van der Waals surface area contributed by atoms with Crippen LogP contribution in [0.5, 0.6) is 0 Å². The summed E-state index contributed by atoms with van der Waals surface area (Å²) in [5, 5.41) is 2.73. The van der Waals surface area contributed by atoms with E-state index in [9.17, 15) is 9.59 Å². The number of ether oxygens (including phenoxy) is 2. The van der Waals surface area contributed by atoms with E-state index in [1.54, 1.807) is 30.3 Å². The number of hydrogen-bond donors (Lipinski definition) is 2. The summed E-state index contributed by atoms with van der Waals surface area (Å²) in [6.07, 6.45) is 5.53. The molecule has 1 aromatic rings. The average Bonchev–Trinajstić information content (AvgIpc) is 2.84. The van der Waals surface area contributed by atoms with Crippen LogP contribution in [0.1, 0.15) is 45.6 Å². The minimum atomic E-state index is -0.538. The quantitative estimate of drug-likeness (QED) is 0.374. The van der Waals surface area contributed by atoms with Crippen LogP contribution in [0, 0.1) is 0 Å². The molecule has 3 N–H and O–H groups in total. The molecule has 0 bridgehead atoms. The van der Waals surface area contributed by atoms with Crippen molar-refractivity contribution in [1.29, 1.82) is 0 Å². The Bertz CT molecular complexity index is 944. The summed E-state index contributed by atoms with van der Waals surface area (Å²) < 4.78 is 11.2. The predicted molar refractivity (Wildman–Crippen MR) is 145 cm³/mol. The molecular weight excluding hydrogens is 458 g/mol. The van der Waals surface area contributed by atoms with E-state index in [2.05, 4.69) is 21.8 Å². The van der Waals surface area contributed by atoms with Crippen LogP contribution in [-0.4, -0.2) is 80.2 Å². The van der Waals surface area contributed by atoms with Crippen LogP contribution in [0.4, 0.5) is 10.5 Å². The summed E-state index contributed by atoms with van der Waals surface area (Å²) >= 11 is 0. The molecule has 1 saturated heterocycles. The zero-order valence-corrected chi connectivity index (χ0v) is 22.3. The number of rotatable bonds is 10. The molecular formula is C27H41N5O4. The highest BCUT2D eigenvalue weighted by molar-refractivity contribution is 5.99. The molecule has 1 heterocycles. The van der Waals surface area contributed by atoms with Crippen LogP contribution in [0.2, 0.25) is 0 Å². The van der Waals surface area contributed by atoms with Crippen molar-refractivity contribution in [2.45, 2.75) is 51.9 Å². The third kappa shape index (κ3) is 10.2. The number of aliphatic imine (C=N–C) groups is 1. The van der Waals surface area contributed by atoms with Gasteiger partial charge in [-0.25, -0.2) is 4.79 Å². The van der Waals surface area contributed by atoms with Gasteiger partial charge < -0.3 is 30.3 Å². The highest BCUT2D eigenvalue weighted by Crippen LogP contribution is 2.19. The molecule has 0 radical (unpaired) electrons. The van der Waals surface area contributed by atoms with Gasteiger partial charge in [0.15, 0.2) is 0 Å². The number of nitrogens with one attached hydrogen (secondary N) is 1. The van der Waals surface area contributed by atoms with Gasteiger partial charge in [-0.05, 0) is 70.9 Å². The van der Waals surface area contributed by atoms with Gasteiger partial charge in [-0.3, -0.25) is 9.79 Å². The minimum Gasteiger partial charge on any atom is -0.444 e. The van der Waals surface area contributed by atoms with Crippen molar-refractivity contribution >= 4 is 29.6 Å². The maximum absolute atomic E-state index is 12.3. The number of hydrogen-bond acceptors (Lipinski definition) is 7. The zero-order chi connectivity index (χ0) is 26.7. The maximum Gasteiger partial charge on any atom is 0.410 e. The number of anilines is 1. The maximum atomic E-state index is 12.3. The predicted octanol–water partition coefficient (Wildman–Crippen LogP) is 3.88. The molecule has 1 atom stereocenters. The van der Waals surface area contributed by atoms with Gasteiger partial charge in [0, 0.05) is 56.5 Å². The molecule has 0 aromatic heterocycles. The first kappa shape index (κ1) is 29.1. The Labute approximate surface area is 215 Å². The lowest BCUT2D eigenvalue weighted by Gasteiger charge is -2.26. The zero-order valence-electron chi connectivity index (χ0n) is 22.3. The molecule has 2 rings (SSSR count). The van der Waals surface area contributed by atoms with Crippen LogP contribution in [0.25, 0.3) is 5.70 Å². The second-order valence-corrected chi connectivity index (χ2v) is 9.95. The van der Waals surface area contributed by atoms with Crippen LogP contribution in [-0.2, 0) is 14.3 Å². The molecule has 2 amide bonds. The second kappa shape index (κ2) is 13.8. The molecule has 36 heavy (non-hydrogen) atoms. The van der Waals surface area contributed by atoms with Crippen molar-refractivity contribution in [2.75, 3.05) is 45.7 Å². The van der Waals surface area contributed by atoms with Crippen molar-refractivity contribution in [3.05, 3.63) is 48.1 Å². The fraction of sp³-hybridized carbons (Fsp3) is 0.519. The highest BCUT2D eigenvalue weighted by Gasteiger charge is 2.20. The normalized spacial score (nSPS) is 17.0. The summed E-state index contributed by atoms with van der Waals surface area (Å²) in [7, 11) is 3.69. The number of nitrogens with zero attached hydrogens (tertiary/aromatic N) is 3. The summed E-state index contributed by atoms with van der Waals surface area (Å²) in [6.45, 7) is 11.4. The fourth-order valence-corrected chi connectivity index (χ4v) is 3.44. The lowest BCUT2D eigenvalue weighted by molar-refractivity contribution is -0.111. The molecule has 9 heteroatoms. The molecule has 0 aliphatic carbocycles. The van der Waals surface area contributed by atoms with Crippen molar-refractivity contribution in [1.82, 2.24) is 9.80 Å². The van der Waals surface area contributed by atoms with Gasteiger partial charge in [-0.15, -0.1) is 0 Å². The number of likely N-dealkylation sites (N-methyl/N-ethyl adjacent to an activating group) is 2. The number of amides is 2. The van der Waals surface area contributed by atoms with Crippen molar-refractivity contribution in [2.24, 2.45) is 10.7 Å². The third-order valence-electron chi connectivity index (χ3n) is 5.51. The van der Waals surface area contributed by atoms with Crippen LogP contribution >= 0.6 is 0 Å². The monoisotopic (exact) mass is 499 g/mol. The van der Waals surface area contributed by atoms with E-state index in [1.165, 1.54) is 6.08 Å². The van der Waals surface area contributed by atoms with Crippen LogP contribution in [0.15, 0.2) is 47.5 Å². The van der Waals surface area contributed by atoms with E-state index in [-0.39, 0.29) is 18.2 Å². The fourth-order valence-electron chi connectivity index (χ4n) is 3.44. The summed E-state index contributed by atoms with van der Waals surface area (Å²) in [5.74, 6) is -0.274. The van der Waals surface area contributed by atoms with E-state index in [4.69, 9.17) is 15.2 Å². The van der Waals surface area contributed by atoms with E-state index in [0.29, 0.717) is 37.6 Å². The number of benzene rings is 1. The molecule has 0 saturated carbocycles. The van der Waals surface area contributed by atoms with E-state index < -0.39 is 5.60 Å². The molecule has 1 fully saturated rings. The first-order chi connectivity index (χ1) is 17.0. The van der Waals surface area contributed by atoms with E-state index >= 15 is 0 Å². The summed E-state index contributed by atoms with van der Waals surface area (Å²) in [6, 6.07) is 7.30. The molecule has 1 aliphatic heterocycles. The average molecular weight is 500 g/mol. The molecule has 198 valence electrons. The first-order valence-corrected chi connectivity index (χ1v) is 12.3. The van der Waals surface area contributed by atoms with Gasteiger partial charge in [0.1, 0.15) is 11.8 Å². The Balaban J connectivity index is 2.14. The second-order valence-electron chi connectivity index (χ2n) is 9.95. The third-order valence-corrected chi connectivity index (χ3v) is 5.51. The van der Waals surface area contributed by atoms with E-state index in [1.807, 2.05) is 40.0 Å². The Morgan fingerprint density at radius 2 is 1.92 bits per heavy atom.